The number of benzene rings is 1. The molecule has 0 aromatic heterocycles. The molecule has 2 nitrogen and oxygen atoms in total. The molecule has 2 aliphatic rings. The van der Waals surface area contributed by atoms with E-state index in [0.717, 1.165) is 12.8 Å². The third kappa shape index (κ3) is 3.45. The molecule has 0 spiro atoms. The highest BCUT2D eigenvalue weighted by Crippen LogP contribution is 2.64. The predicted octanol–water partition coefficient (Wildman–Crippen LogP) is 5.66. The highest BCUT2D eigenvalue weighted by Gasteiger charge is 2.56. The lowest BCUT2D eigenvalue weighted by molar-refractivity contribution is 0.217. The van der Waals surface area contributed by atoms with Gasteiger partial charge in [-0.25, -0.2) is 4.39 Å². The van der Waals surface area contributed by atoms with Gasteiger partial charge in [0.1, 0.15) is 10.6 Å². The minimum Gasteiger partial charge on any atom is -0.598 e. The Morgan fingerprint density at radius 2 is 1.88 bits per heavy atom. The van der Waals surface area contributed by atoms with Gasteiger partial charge in [0.15, 0.2) is 0 Å². The summed E-state index contributed by atoms with van der Waals surface area (Å²) in [6, 6.07) is 2.39. The third-order valence-corrected chi connectivity index (χ3v) is 7.75. The zero-order valence-corrected chi connectivity index (χ0v) is 16.8. The van der Waals surface area contributed by atoms with E-state index in [1.807, 2.05) is 20.8 Å². The SMILES string of the molecule is CC1([C@H](N[S@+]([O-])C(C)(C)C)c2c(F)ccc(Cl)c2Cl)CC2CC2C1. The average Bonchev–Trinajstić information content (AvgIpc) is 3.09. The topological polar surface area (TPSA) is 35.1 Å². The van der Waals surface area contributed by atoms with Crippen LogP contribution in [0.15, 0.2) is 12.1 Å². The number of fused-ring (bicyclic) bond motifs is 1. The highest BCUT2D eigenvalue weighted by atomic mass is 35.5. The van der Waals surface area contributed by atoms with Crippen molar-refractivity contribution in [3.8, 4) is 0 Å². The lowest BCUT2D eigenvalue weighted by Crippen LogP contribution is -2.46. The van der Waals surface area contributed by atoms with Gasteiger partial charge in [-0.1, -0.05) is 30.1 Å². The third-order valence-electron chi connectivity index (χ3n) is 5.37. The van der Waals surface area contributed by atoms with Crippen molar-refractivity contribution in [1.29, 1.82) is 0 Å². The second-order valence-corrected chi connectivity index (χ2v) is 11.3. The van der Waals surface area contributed by atoms with E-state index in [1.165, 1.54) is 18.6 Å². The van der Waals surface area contributed by atoms with Crippen molar-refractivity contribution < 1.29 is 8.94 Å². The highest BCUT2D eigenvalue weighted by molar-refractivity contribution is 7.90. The van der Waals surface area contributed by atoms with Crippen LogP contribution >= 0.6 is 23.2 Å². The molecule has 1 aromatic rings. The molecule has 0 bridgehead atoms. The molecule has 1 N–H and O–H groups in total. The van der Waals surface area contributed by atoms with Crippen LogP contribution in [0.5, 0.6) is 0 Å². The van der Waals surface area contributed by atoms with Crippen LogP contribution in [0.4, 0.5) is 4.39 Å². The number of halogens is 3. The maximum Gasteiger partial charge on any atom is 0.136 e. The minimum atomic E-state index is -1.33. The Morgan fingerprint density at radius 3 is 2.42 bits per heavy atom. The maximum atomic E-state index is 14.7. The van der Waals surface area contributed by atoms with Crippen molar-refractivity contribution in [2.75, 3.05) is 0 Å². The quantitative estimate of drug-likeness (QED) is 0.530. The minimum absolute atomic E-state index is 0.177. The number of hydrogen-bond acceptors (Lipinski definition) is 2. The first kappa shape index (κ1) is 18.8. The van der Waals surface area contributed by atoms with Gasteiger partial charge in [0.2, 0.25) is 0 Å². The van der Waals surface area contributed by atoms with Crippen LogP contribution in [0.1, 0.15) is 58.6 Å². The molecule has 6 heteroatoms. The lowest BCUT2D eigenvalue weighted by Gasteiger charge is -2.38. The Kier molecular flexibility index (Phi) is 4.94. The predicted molar refractivity (Wildman–Crippen MR) is 99.1 cm³/mol. The molecular formula is C18H24Cl2FNOS. The first-order chi connectivity index (χ1) is 11.0. The molecule has 1 aromatic carbocycles. The van der Waals surface area contributed by atoms with Crippen LogP contribution in [0, 0.1) is 23.1 Å². The van der Waals surface area contributed by atoms with Gasteiger partial charge in [-0.2, -0.15) is 0 Å². The van der Waals surface area contributed by atoms with Crippen molar-refractivity contribution >= 4 is 34.6 Å². The zero-order valence-electron chi connectivity index (χ0n) is 14.5. The number of rotatable bonds is 4. The van der Waals surface area contributed by atoms with E-state index in [9.17, 15) is 8.94 Å². The Morgan fingerprint density at radius 1 is 1.29 bits per heavy atom. The second kappa shape index (κ2) is 6.31. The van der Waals surface area contributed by atoms with Crippen molar-refractivity contribution in [1.82, 2.24) is 4.72 Å². The van der Waals surface area contributed by atoms with E-state index >= 15 is 0 Å². The fraction of sp³-hybridized carbons (Fsp3) is 0.667. The second-order valence-electron chi connectivity index (χ2n) is 8.51. The van der Waals surface area contributed by atoms with Crippen molar-refractivity contribution in [2.24, 2.45) is 17.3 Å². The summed E-state index contributed by atoms with van der Waals surface area (Å²) in [6.07, 6.45) is 3.26. The van der Waals surface area contributed by atoms with Gasteiger partial charge >= 0.3 is 0 Å². The summed E-state index contributed by atoms with van der Waals surface area (Å²) in [4.78, 5) is 0. The van der Waals surface area contributed by atoms with E-state index in [1.54, 1.807) is 0 Å². The molecule has 2 aliphatic carbocycles. The number of nitrogens with one attached hydrogen (secondary N) is 1. The summed E-state index contributed by atoms with van der Waals surface area (Å²) in [6.45, 7) is 7.85. The van der Waals surface area contributed by atoms with Crippen LogP contribution in [-0.2, 0) is 11.4 Å². The summed E-state index contributed by atoms with van der Waals surface area (Å²) < 4.78 is 30.2. The molecule has 0 amide bonds. The van der Waals surface area contributed by atoms with Crippen molar-refractivity contribution in [2.45, 2.75) is 57.7 Å². The summed E-state index contributed by atoms with van der Waals surface area (Å²) in [7, 11) is 0. The Balaban J connectivity index is 2.01. The van der Waals surface area contributed by atoms with Gasteiger partial charge < -0.3 is 4.55 Å². The zero-order chi connectivity index (χ0) is 17.9. The van der Waals surface area contributed by atoms with E-state index in [4.69, 9.17) is 23.2 Å². The monoisotopic (exact) mass is 391 g/mol. The van der Waals surface area contributed by atoms with E-state index in [-0.39, 0.29) is 10.4 Å². The molecule has 0 aliphatic heterocycles. The summed E-state index contributed by atoms with van der Waals surface area (Å²) in [5.41, 5.74) is 0.175. The number of hydrogen-bond donors (Lipinski definition) is 1. The van der Waals surface area contributed by atoms with E-state index < -0.39 is 28.0 Å². The van der Waals surface area contributed by atoms with Crippen LogP contribution in [-0.4, -0.2) is 9.30 Å². The van der Waals surface area contributed by atoms with Crippen molar-refractivity contribution in [3.05, 3.63) is 33.6 Å². The molecular weight excluding hydrogens is 368 g/mol. The molecule has 24 heavy (non-hydrogen) atoms. The molecule has 0 radical (unpaired) electrons. The van der Waals surface area contributed by atoms with Crippen LogP contribution in [0.2, 0.25) is 10.0 Å². The molecule has 3 rings (SSSR count). The first-order valence-corrected chi connectivity index (χ1v) is 10.2. The summed E-state index contributed by atoms with van der Waals surface area (Å²) >= 11 is 11.2. The Labute approximate surface area is 156 Å². The summed E-state index contributed by atoms with van der Waals surface area (Å²) in [5, 5.41) is 0.551. The van der Waals surface area contributed by atoms with Crippen LogP contribution in [0.25, 0.3) is 0 Å². The molecule has 2 fully saturated rings. The largest absolute Gasteiger partial charge is 0.598 e. The standard InChI is InChI=1S/C18H24Cl2FNOS/c1-17(2,3)24(23)22-16(18(4)8-10-7-11(10)9-18)14-13(21)6-5-12(19)15(14)20/h5-6,10-11,16,22H,7-9H2,1-4H3/t10?,11?,16-,18?,24-/m1/s1. The fourth-order valence-corrected chi connectivity index (χ4v) is 5.37. The van der Waals surface area contributed by atoms with Crippen LogP contribution < -0.4 is 4.72 Å². The first-order valence-electron chi connectivity index (χ1n) is 8.34. The Bertz CT molecular complexity index is 639. The molecule has 134 valence electrons. The van der Waals surface area contributed by atoms with Gasteiger partial charge in [0, 0.05) is 16.9 Å². The Hall–Kier alpha value is -0.0000000000000000555. The van der Waals surface area contributed by atoms with Crippen molar-refractivity contribution in [3.63, 3.8) is 0 Å². The smallest absolute Gasteiger partial charge is 0.136 e. The van der Waals surface area contributed by atoms with Crippen LogP contribution in [0.3, 0.4) is 0 Å². The average molecular weight is 392 g/mol. The molecule has 2 saturated carbocycles. The van der Waals surface area contributed by atoms with Gasteiger partial charge in [-0.05, 0) is 69.4 Å². The molecule has 4 atom stereocenters. The molecule has 0 saturated heterocycles. The van der Waals surface area contributed by atoms with E-state index in [2.05, 4.69) is 11.6 Å². The molecule has 0 heterocycles. The normalized spacial score (nSPS) is 31.7. The van der Waals surface area contributed by atoms with Gasteiger partial charge in [0.05, 0.1) is 16.1 Å². The van der Waals surface area contributed by atoms with Gasteiger partial charge in [0.25, 0.3) is 0 Å². The lowest BCUT2D eigenvalue weighted by atomic mass is 9.75. The van der Waals surface area contributed by atoms with Gasteiger partial charge in [-0.3, -0.25) is 0 Å². The maximum absolute atomic E-state index is 14.7. The fourth-order valence-electron chi connectivity index (χ4n) is 3.97. The summed E-state index contributed by atoms with van der Waals surface area (Å²) in [5.74, 6) is 1.03. The molecule has 2 unspecified atom stereocenters. The van der Waals surface area contributed by atoms with Gasteiger partial charge in [-0.15, -0.1) is 4.72 Å². The van der Waals surface area contributed by atoms with E-state index in [0.29, 0.717) is 22.4 Å².